The highest BCUT2D eigenvalue weighted by molar-refractivity contribution is 4.76. The van der Waals surface area contributed by atoms with Crippen LogP contribution in [0.2, 0.25) is 0 Å². The molecule has 0 spiro atoms. The van der Waals surface area contributed by atoms with Gasteiger partial charge in [0.25, 0.3) is 0 Å². The summed E-state index contributed by atoms with van der Waals surface area (Å²) in [6.07, 6.45) is 0. The maximum absolute atomic E-state index is 11.2. The number of hydrogen-bond acceptors (Lipinski definition) is 2. The van der Waals surface area contributed by atoms with Crippen molar-refractivity contribution in [3.8, 4) is 0 Å². The van der Waals surface area contributed by atoms with Gasteiger partial charge in [-0.2, -0.15) is 0 Å². The summed E-state index contributed by atoms with van der Waals surface area (Å²) in [6, 6.07) is 0. The minimum Gasteiger partial charge on any atom is -0.632 e. The quantitative estimate of drug-likeness (QED) is 0.484. The summed E-state index contributed by atoms with van der Waals surface area (Å²) in [7, 11) is 0. The average molecular weight is 145 g/mol. The van der Waals surface area contributed by atoms with Crippen LogP contribution in [0.25, 0.3) is 0 Å². The number of rotatable bonds is 0. The molecular weight excluding hydrogens is 130 g/mol. The molecule has 0 aliphatic carbocycles. The second-order valence-electron chi connectivity index (χ2n) is 3.97. The van der Waals surface area contributed by atoms with E-state index in [9.17, 15) is 5.21 Å². The summed E-state index contributed by atoms with van der Waals surface area (Å²) in [5.74, 6) is 0. The van der Waals surface area contributed by atoms with E-state index in [1.54, 1.807) is 0 Å². The summed E-state index contributed by atoms with van der Waals surface area (Å²) in [5.41, 5.74) is -0.802. The highest BCUT2D eigenvalue weighted by atomic mass is 16.6. The third kappa shape index (κ3) is 1.31. The molecule has 1 fully saturated rings. The Balaban J connectivity index is 2.71. The van der Waals surface area contributed by atoms with E-state index < -0.39 is 5.72 Å². The van der Waals surface area contributed by atoms with E-state index in [2.05, 4.69) is 0 Å². The molecule has 0 radical (unpaired) electrons. The third-order valence-corrected chi connectivity index (χ3v) is 1.79. The van der Waals surface area contributed by atoms with Crippen molar-refractivity contribution < 1.29 is 9.80 Å². The van der Waals surface area contributed by atoms with Crippen LogP contribution in [0.3, 0.4) is 0 Å². The van der Waals surface area contributed by atoms with Gasteiger partial charge in [-0.05, 0) is 13.8 Å². The molecule has 1 N–H and O–H groups in total. The second-order valence-corrected chi connectivity index (χ2v) is 3.97. The topological polar surface area (TPSA) is 36.7 Å². The van der Waals surface area contributed by atoms with Gasteiger partial charge in [0.2, 0.25) is 0 Å². The molecule has 1 heterocycles. The van der Waals surface area contributed by atoms with E-state index in [1.807, 2.05) is 27.7 Å². The minimum absolute atomic E-state index is 0.206. The Labute approximate surface area is 61.5 Å². The van der Waals surface area contributed by atoms with Crippen molar-refractivity contribution in [2.45, 2.75) is 39.0 Å². The summed E-state index contributed by atoms with van der Waals surface area (Å²) in [6.45, 7) is 8.08. The van der Waals surface area contributed by atoms with Crippen molar-refractivity contribution in [2.24, 2.45) is 0 Å². The molecule has 0 amide bonds. The maximum atomic E-state index is 11.2. The molecule has 0 aromatic carbocycles. The van der Waals surface area contributed by atoms with Crippen LogP contribution < -0.4 is 5.06 Å². The lowest BCUT2D eigenvalue weighted by Gasteiger charge is -2.28. The molecule has 1 atom stereocenters. The average Bonchev–Trinajstić information content (AvgIpc) is 1.73. The van der Waals surface area contributed by atoms with Crippen LogP contribution in [0.4, 0.5) is 0 Å². The van der Waals surface area contributed by atoms with Gasteiger partial charge in [-0.25, -0.2) is 0 Å². The highest BCUT2D eigenvalue weighted by Gasteiger charge is 2.44. The smallest absolute Gasteiger partial charge is 0.196 e. The largest absolute Gasteiger partial charge is 0.632 e. The van der Waals surface area contributed by atoms with Crippen molar-refractivity contribution in [3.05, 3.63) is 5.21 Å². The van der Waals surface area contributed by atoms with E-state index in [4.69, 9.17) is 4.74 Å². The molecule has 0 aromatic heterocycles. The van der Waals surface area contributed by atoms with Gasteiger partial charge in [0.1, 0.15) is 12.1 Å². The van der Waals surface area contributed by atoms with Gasteiger partial charge in [0.05, 0.1) is 0 Å². The Kier molecular flexibility index (Phi) is 1.54. The van der Waals surface area contributed by atoms with Gasteiger partial charge in [-0.3, -0.25) is 0 Å². The molecule has 60 valence electrons. The number of quaternary nitrogens is 1. The van der Waals surface area contributed by atoms with E-state index in [-0.39, 0.29) is 10.7 Å². The Morgan fingerprint density at radius 1 is 1.30 bits per heavy atom. The molecule has 10 heavy (non-hydrogen) atoms. The maximum Gasteiger partial charge on any atom is 0.196 e. The molecule has 1 aliphatic rings. The first kappa shape index (κ1) is 7.98. The molecular formula is C7H15NO2. The number of hydrogen-bond donors (Lipinski definition) is 1. The normalized spacial score (nSPS) is 36.3. The summed E-state index contributed by atoms with van der Waals surface area (Å²) < 4.78 is 5.50. The fourth-order valence-corrected chi connectivity index (χ4v) is 1.38. The Bertz CT molecular complexity index is 143. The van der Waals surface area contributed by atoms with Crippen LogP contribution >= 0.6 is 0 Å². The summed E-state index contributed by atoms with van der Waals surface area (Å²) in [4.78, 5) is 0. The monoisotopic (exact) mass is 145 g/mol. The molecule has 0 aromatic rings. The van der Waals surface area contributed by atoms with Crippen molar-refractivity contribution in [1.29, 1.82) is 0 Å². The Morgan fingerprint density at radius 3 is 1.90 bits per heavy atom. The van der Waals surface area contributed by atoms with Crippen LogP contribution in [0.1, 0.15) is 27.7 Å². The van der Waals surface area contributed by atoms with Gasteiger partial charge >= 0.3 is 0 Å². The van der Waals surface area contributed by atoms with E-state index in [0.717, 1.165) is 0 Å². The molecule has 1 saturated heterocycles. The first-order valence-electron chi connectivity index (χ1n) is 3.57. The third-order valence-electron chi connectivity index (χ3n) is 1.79. The van der Waals surface area contributed by atoms with Crippen molar-refractivity contribution >= 4 is 0 Å². The Morgan fingerprint density at radius 2 is 1.80 bits per heavy atom. The number of ether oxygens (including phenoxy) is 1. The van der Waals surface area contributed by atoms with Gasteiger partial charge in [0.15, 0.2) is 5.72 Å². The van der Waals surface area contributed by atoms with Gasteiger partial charge in [-0.1, -0.05) is 0 Å². The van der Waals surface area contributed by atoms with Crippen LogP contribution in [0.15, 0.2) is 0 Å². The lowest BCUT2D eigenvalue weighted by Crippen LogP contribution is -3.13. The SMILES string of the molecule is CC1(C)C[NH+]([O-])C(C)(C)O1. The molecule has 1 rings (SSSR count). The van der Waals surface area contributed by atoms with Crippen LogP contribution in [0, 0.1) is 5.21 Å². The van der Waals surface area contributed by atoms with Crippen molar-refractivity contribution in [3.63, 3.8) is 0 Å². The van der Waals surface area contributed by atoms with Crippen LogP contribution in [-0.2, 0) is 4.74 Å². The molecule has 0 saturated carbocycles. The number of nitrogens with one attached hydrogen (secondary N) is 1. The molecule has 0 bridgehead atoms. The predicted octanol–water partition coefficient (Wildman–Crippen LogP) is -0.0860. The minimum atomic E-state index is -0.552. The summed E-state index contributed by atoms with van der Waals surface area (Å²) >= 11 is 0. The predicted molar refractivity (Wildman–Crippen MR) is 38.4 cm³/mol. The van der Waals surface area contributed by atoms with Crippen LogP contribution in [0.5, 0.6) is 0 Å². The van der Waals surface area contributed by atoms with Crippen molar-refractivity contribution in [2.75, 3.05) is 6.54 Å². The molecule has 3 nitrogen and oxygen atoms in total. The van der Waals surface area contributed by atoms with Crippen LogP contribution in [-0.4, -0.2) is 17.9 Å². The first-order valence-corrected chi connectivity index (χ1v) is 3.57. The second kappa shape index (κ2) is 1.94. The first-order chi connectivity index (χ1) is 4.33. The van der Waals surface area contributed by atoms with Gasteiger partial charge < -0.3 is 15.0 Å². The lowest BCUT2D eigenvalue weighted by molar-refractivity contribution is -0.903. The fourth-order valence-electron chi connectivity index (χ4n) is 1.38. The van der Waals surface area contributed by atoms with E-state index in [1.165, 1.54) is 0 Å². The van der Waals surface area contributed by atoms with Crippen molar-refractivity contribution in [1.82, 2.24) is 0 Å². The highest BCUT2D eigenvalue weighted by Crippen LogP contribution is 2.19. The standard InChI is InChI=1S/C7H15NO2/c1-6(2)5-8(9)7(3,4)10-6/h8H,5H2,1-4H3. The zero-order valence-corrected chi connectivity index (χ0v) is 7.02. The van der Waals surface area contributed by atoms with Gasteiger partial charge in [-0.15, -0.1) is 0 Å². The van der Waals surface area contributed by atoms with E-state index in [0.29, 0.717) is 6.54 Å². The zero-order valence-electron chi connectivity index (χ0n) is 7.02. The Hall–Kier alpha value is -0.120. The van der Waals surface area contributed by atoms with Gasteiger partial charge in [0, 0.05) is 13.8 Å². The fraction of sp³-hybridized carbons (Fsp3) is 1.00. The van der Waals surface area contributed by atoms with E-state index >= 15 is 0 Å². The lowest BCUT2D eigenvalue weighted by atomic mass is 10.1. The summed E-state index contributed by atoms with van der Waals surface area (Å²) in [5, 5.41) is 11.4. The zero-order chi connectivity index (χ0) is 7.99. The molecule has 1 unspecified atom stereocenters. The molecule has 3 heteroatoms. The number of hydroxylamine groups is 2. The molecule has 1 aliphatic heterocycles.